The molecule has 1 aliphatic heterocycles. The lowest BCUT2D eigenvalue weighted by atomic mass is 10.1. The fourth-order valence-corrected chi connectivity index (χ4v) is 3.84. The van der Waals surface area contributed by atoms with Crippen molar-refractivity contribution in [3.63, 3.8) is 0 Å². The molecule has 0 saturated carbocycles. The molecule has 0 spiro atoms. The first kappa shape index (κ1) is 21.6. The number of hydrogen-bond acceptors (Lipinski definition) is 6. The van der Waals surface area contributed by atoms with Crippen LogP contribution in [-0.4, -0.2) is 71.2 Å². The molecule has 0 amide bonds. The third-order valence-electron chi connectivity index (χ3n) is 5.24. The number of β-amino-alcohol motifs (C(OH)–C–C–N with tert-alkyl or cyclic N) is 1. The average molecular weight is 403 g/mol. The second-order valence-electron chi connectivity index (χ2n) is 8.01. The van der Waals surface area contributed by atoms with Gasteiger partial charge in [-0.25, -0.2) is 0 Å². The highest BCUT2D eigenvalue weighted by Crippen LogP contribution is 2.29. The Kier molecular flexibility index (Phi) is 7.91. The van der Waals surface area contributed by atoms with E-state index in [1.54, 1.807) is 7.11 Å². The van der Waals surface area contributed by atoms with Gasteiger partial charge >= 0.3 is 0 Å². The quantitative estimate of drug-likeness (QED) is 0.658. The van der Waals surface area contributed by atoms with Gasteiger partial charge in [0, 0.05) is 38.4 Å². The molecule has 7 heteroatoms. The predicted molar refractivity (Wildman–Crippen MR) is 113 cm³/mol. The number of nitrogens with zero attached hydrogens (tertiary/aromatic N) is 4. The minimum atomic E-state index is -0.505. The summed E-state index contributed by atoms with van der Waals surface area (Å²) in [7, 11) is 5.65. The highest BCUT2D eigenvalue weighted by Gasteiger charge is 2.16. The van der Waals surface area contributed by atoms with Crippen LogP contribution in [0.1, 0.15) is 30.4 Å². The molecule has 0 aliphatic carbocycles. The molecular formula is C22H34N4O3. The minimum Gasteiger partial charge on any atom is -0.493 e. The molecule has 1 N–H and O–H groups in total. The van der Waals surface area contributed by atoms with Gasteiger partial charge in [0.15, 0.2) is 11.5 Å². The second-order valence-corrected chi connectivity index (χ2v) is 8.01. The Morgan fingerprint density at radius 1 is 1.14 bits per heavy atom. The van der Waals surface area contributed by atoms with Crippen LogP contribution < -0.4 is 9.47 Å². The molecule has 1 fully saturated rings. The number of hydrogen-bond donors (Lipinski definition) is 1. The van der Waals surface area contributed by atoms with E-state index in [2.05, 4.69) is 28.0 Å². The van der Waals surface area contributed by atoms with Crippen LogP contribution in [-0.2, 0) is 20.1 Å². The normalized spacial score (nSPS) is 16.2. The van der Waals surface area contributed by atoms with E-state index < -0.39 is 6.10 Å². The van der Waals surface area contributed by atoms with Gasteiger partial charge in [-0.1, -0.05) is 12.5 Å². The Morgan fingerprint density at radius 2 is 1.90 bits per heavy atom. The van der Waals surface area contributed by atoms with Crippen molar-refractivity contribution in [3.8, 4) is 11.5 Å². The molecule has 0 bridgehead atoms. The van der Waals surface area contributed by atoms with Crippen molar-refractivity contribution in [1.82, 2.24) is 19.6 Å². The molecule has 1 aromatic heterocycles. The van der Waals surface area contributed by atoms with Crippen LogP contribution in [0.2, 0.25) is 0 Å². The van der Waals surface area contributed by atoms with Crippen molar-refractivity contribution in [2.45, 2.75) is 38.5 Å². The van der Waals surface area contributed by atoms with E-state index >= 15 is 0 Å². The standard InChI is InChI=1S/C22H34N4O3/c1-24(14-19-12-23-25(2)15-19)13-18-7-8-21(28-3)22(11-18)29-17-20(27)16-26-9-5-4-6-10-26/h7-8,11-12,15,20,27H,4-6,9-10,13-14,16-17H2,1-3H3/t20-/m0/s1. The maximum absolute atomic E-state index is 10.4. The summed E-state index contributed by atoms with van der Waals surface area (Å²) in [6, 6.07) is 5.99. The van der Waals surface area contributed by atoms with E-state index in [9.17, 15) is 5.11 Å². The third kappa shape index (κ3) is 6.73. The molecule has 2 heterocycles. The maximum atomic E-state index is 10.4. The summed E-state index contributed by atoms with van der Waals surface area (Å²) in [5.74, 6) is 1.37. The van der Waals surface area contributed by atoms with Gasteiger partial charge in [-0.2, -0.15) is 5.10 Å². The van der Waals surface area contributed by atoms with Crippen LogP contribution in [0, 0.1) is 0 Å². The molecule has 0 unspecified atom stereocenters. The fourth-order valence-electron chi connectivity index (χ4n) is 3.84. The largest absolute Gasteiger partial charge is 0.493 e. The van der Waals surface area contributed by atoms with Crippen LogP contribution in [0.4, 0.5) is 0 Å². The SMILES string of the molecule is COc1ccc(CN(C)Cc2cnn(C)c2)cc1OC[C@@H](O)CN1CCCCC1. The number of aromatic nitrogens is 2. The molecule has 0 radical (unpaired) electrons. The van der Waals surface area contributed by atoms with Gasteiger partial charge in [0.1, 0.15) is 12.7 Å². The Bertz CT molecular complexity index is 758. The van der Waals surface area contributed by atoms with Crippen molar-refractivity contribution >= 4 is 0 Å². The number of methoxy groups -OCH3 is 1. The summed E-state index contributed by atoms with van der Waals surface area (Å²) in [5.41, 5.74) is 2.32. The van der Waals surface area contributed by atoms with E-state index in [1.807, 2.05) is 36.3 Å². The van der Waals surface area contributed by atoms with E-state index in [0.717, 1.165) is 31.7 Å². The molecule has 160 valence electrons. The summed E-state index contributed by atoms with van der Waals surface area (Å²) in [6.07, 6.45) is 7.15. The van der Waals surface area contributed by atoms with Crippen LogP contribution in [0.5, 0.6) is 11.5 Å². The Labute approximate surface area is 173 Å². The molecule has 3 rings (SSSR count). The van der Waals surface area contributed by atoms with Crippen molar-refractivity contribution in [1.29, 1.82) is 0 Å². The zero-order valence-corrected chi connectivity index (χ0v) is 17.9. The lowest BCUT2D eigenvalue weighted by molar-refractivity contribution is 0.0608. The Hall–Kier alpha value is -2.09. The minimum absolute atomic E-state index is 0.266. The highest BCUT2D eigenvalue weighted by atomic mass is 16.5. The highest BCUT2D eigenvalue weighted by molar-refractivity contribution is 5.43. The van der Waals surface area contributed by atoms with Gasteiger partial charge in [-0.05, 0) is 50.7 Å². The average Bonchev–Trinajstić information content (AvgIpc) is 3.11. The molecule has 1 aliphatic rings. The third-order valence-corrected chi connectivity index (χ3v) is 5.24. The molecule has 1 atom stereocenters. The van der Waals surface area contributed by atoms with Crippen molar-refractivity contribution in [3.05, 3.63) is 41.7 Å². The molecular weight excluding hydrogens is 368 g/mol. The molecule has 1 aromatic carbocycles. The van der Waals surface area contributed by atoms with Gasteiger partial charge in [0.25, 0.3) is 0 Å². The summed E-state index contributed by atoms with van der Waals surface area (Å²) in [4.78, 5) is 4.55. The van der Waals surface area contributed by atoms with Crippen LogP contribution in [0.25, 0.3) is 0 Å². The predicted octanol–water partition coefficient (Wildman–Crippen LogP) is 2.29. The van der Waals surface area contributed by atoms with Gasteiger partial charge in [0.05, 0.1) is 13.3 Å². The molecule has 2 aromatic rings. The van der Waals surface area contributed by atoms with E-state index in [1.165, 1.54) is 24.8 Å². The number of likely N-dealkylation sites (tertiary alicyclic amines) is 1. The summed E-state index contributed by atoms with van der Waals surface area (Å²) in [6.45, 7) is 4.67. The first-order chi connectivity index (χ1) is 14.0. The first-order valence-electron chi connectivity index (χ1n) is 10.4. The number of benzene rings is 1. The van der Waals surface area contributed by atoms with E-state index in [4.69, 9.17) is 9.47 Å². The van der Waals surface area contributed by atoms with Crippen molar-refractivity contribution in [2.24, 2.45) is 7.05 Å². The van der Waals surface area contributed by atoms with E-state index in [0.29, 0.717) is 18.0 Å². The molecule has 29 heavy (non-hydrogen) atoms. The van der Waals surface area contributed by atoms with Gasteiger partial charge in [-0.15, -0.1) is 0 Å². The fraction of sp³-hybridized carbons (Fsp3) is 0.591. The lowest BCUT2D eigenvalue weighted by Crippen LogP contribution is -2.38. The maximum Gasteiger partial charge on any atom is 0.161 e. The Morgan fingerprint density at radius 3 is 2.59 bits per heavy atom. The molecule has 7 nitrogen and oxygen atoms in total. The van der Waals surface area contributed by atoms with Gasteiger partial charge in [0.2, 0.25) is 0 Å². The van der Waals surface area contributed by atoms with Crippen molar-refractivity contribution in [2.75, 3.05) is 40.4 Å². The lowest BCUT2D eigenvalue weighted by Gasteiger charge is -2.28. The monoisotopic (exact) mass is 402 g/mol. The summed E-state index contributed by atoms with van der Waals surface area (Å²) in [5, 5.41) is 14.6. The number of rotatable bonds is 10. The topological polar surface area (TPSA) is 63.0 Å². The molecule has 1 saturated heterocycles. The second kappa shape index (κ2) is 10.6. The van der Waals surface area contributed by atoms with Gasteiger partial charge < -0.3 is 19.5 Å². The number of aliphatic hydroxyl groups excluding tert-OH is 1. The van der Waals surface area contributed by atoms with Crippen LogP contribution in [0.15, 0.2) is 30.6 Å². The van der Waals surface area contributed by atoms with E-state index in [-0.39, 0.29) is 6.61 Å². The van der Waals surface area contributed by atoms with Gasteiger partial charge in [-0.3, -0.25) is 9.58 Å². The number of ether oxygens (including phenoxy) is 2. The summed E-state index contributed by atoms with van der Waals surface area (Å²) >= 11 is 0. The number of aliphatic hydroxyl groups is 1. The zero-order valence-electron chi connectivity index (χ0n) is 17.9. The number of piperidine rings is 1. The zero-order chi connectivity index (χ0) is 20.6. The van der Waals surface area contributed by atoms with Crippen LogP contribution >= 0.6 is 0 Å². The Balaban J connectivity index is 1.54. The summed E-state index contributed by atoms with van der Waals surface area (Å²) < 4.78 is 13.2. The van der Waals surface area contributed by atoms with Crippen LogP contribution in [0.3, 0.4) is 0 Å². The first-order valence-corrected chi connectivity index (χ1v) is 10.4. The van der Waals surface area contributed by atoms with Crippen molar-refractivity contribution < 1.29 is 14.6 Å². The number of aryl methyl sites for hydroxylation is 1. The smallest absolute Gasteiger partial charge is 0.161 e.